The van der Waals surface area contributed by atoms with Gasteiger partial charge in [0.2, 0.25) is 17.7 Å². The largest absolute Gasteiger partial charge is 0.480 e. The fourth-order valence-electron chi connectivity index (χ4n) is 2.23. The summed E-state index contributed by atoms with van der Waals surface area (Å²) < 4.78 is 0. The Morgan fingerprint density at radius 3 is 2.39 bits per heavy atom. The Labute approximate surface area is 132 Å². The van der Waals surface area contributed by atoms with Crippen LogP contribution in [-0.2, 0) is 19.2 Å². The molecule has 3 amide bonds. The van der Waals surface area contributed by atoms with Crippen molar-refractivity contribution in [2.24, 2.45) is 5.73 Å². The molecule has 0 unspecified atom stereocenters. The molecule has 0 aliphatic carbocycles. The van der Waals surface area contributed by atoms with Gasteiger partial charge >= 0.3 is 5.97 Å². The van der Waals surface area contributed by atoms with Crippen molar-refractivity contribution in [2.75, 3.05) is 6.54 Å². The Hall–Kier alpha value is -2.20. The summed E-state index contributed by atoms with van der Waals surface area (Å²) in [6.45, 7) is 1.87. The number of carbonyl (C=O) groups excluding carboxylic acids is 3. The normalized spacial score (nSPS) is 21.0. The Kier molecular flexibility index (Phi) is 6.91. The number of carbonyl (C=O) groups is 4. The third-order valence-electron chi connectivity index (χ3n) is 3.46. The first-order chi connectivity index (χ1) is 10.7. The lowest BCUT2D eigenvalue weighted by Crippen LogP contribution is -2.57. The van der Waals surface area contributed by atoms with Crippen molar-refractivity contribution >= 4 is 23.7 Å². The molecule has 1 heterocycles. The van der Waals surface area contributed by atoms with E-state index >= 15 is 0 Å². The van der Waals surface area contributed by atoms with Gasteiger partial charge in [0.25, 0.3) is 0 Å². The zero-order valence-electron chi connectivity index (χ0n) is 12.7. The van der Waals surface area contributed by atoms with E-state index in [1.807, 2.05) is 0 Å². The van der Waals surface area contributed by atoms with E-state index in [-0.39, 0.29) is 0 Å². The molecular formula is C13H22N4O6. The van der Waals surface area contributed by atoms with Crippen LogP contribution < -0.4 is 21.7 Å². The monoisotopic (exact) mass is 330 g/mol. The Morgan fingerprint density at radius 2 is 1.96 bits per heavy atom. The summed E-state index contributed by atoms with van der Waals surface area (Å²) in [5.74, 6) is -3.63. The second-order valence-corrected chi connectivity index (χ2v) is 5.45. The fourth-order valence-corrected chi connectivity index (χ4v) is 2.23. The van der Waals surface area contributed by atoms with Crippen molar-refractivity contribution in [3.8, 4) is 0 Å². The molecule has 1 rings (SSSR count). The van der Waals surface area contributed by atoms with E-state index in [9.17, 15) is 24.3 Å². The van der Waals surface area contributed by atoms with Crippen molar-refractivity contribution < 1.29 is 29.4 Å². The minimum absolute atomic E-state index is 0.465. The second-order valence-electron chi connectivity index (χ2n) is 5.45. The van der Waals surface area contributed by atoms with Crippen molar-refractivity contribution in [1.29, 1.82) is 0 Å². The molecule has 0 radical (unpaired) electrons. The highest BCUT2D eigenvalue weighted by atomic mass is 16.4. The first kappa shape index (κ1) is 18.8. The van der Waals surface area contributed by atoms with Gasteiger partial charge in [0.05, 0.1) is 18.6 Å². The number of aliphatic hydroxyl groups excluding tert-OH is 1. The molecular weight excluding hydrogens is 308 g/mol. The Bertz CT molecular complexity index is 475. The quantitative estimate of drug-likeness (QED) is 0.276. The van der Waals surface area contributed by atoms with E-state index in [1.165, 1.54) is 6.92 Å². The predicted molar refractivity (Wildman–Crippen MR) is 78.0 cm³/mol. The molecule has 0 aromatic carbocycles. The number of nitrogens with two attached hydrogens (primary N) is 1. The minimum Gasteiger partial charge on any atom is -0.480 e. The van der Waals surface area contributed by atoms with Crippen LogP contribution in [0.15, 0.2) is 0 Å². The number of rotatable bonds is 8. The molecule has 1 fully saturated rings. The molecule has 10 nitrogen and oxygen atoms in total. The van der Waals surface area contributed by atoms with Crippen LogP contribution in [0, 0.1) is 0 Å². The third-order valence-corrected chi connectivity index (χ3v) is 3.46. The van der Waals surface area contributed by atoms with E-state index < -0.39 is 54.3 Å². The van der Waals surface area contributed by atoms with Crippen molar-refractivity contribution in [3.05, 3.63) is 0 Å². The Morgan fingerprint density at radius 1 is 1.30 bits per heavy atom. The van der Waals surface area contributed by atoms with Gasteiger partial charge in [0.15, 0.2) is 6.04 Å². The van der Waals surface area contributed by atoms with Crippen LogP contribution in [-0.4, -0.2) is 64.7 Å². The van der Waals surface area contributed by atoms with E-state index in [1.54, 1.807) is 0 Å². The smallest absolute Gasteiger partial charge is 0.328 e. The maximum absolute atomic E-state index is 12.1. The lowest BCUT2D eigenvalue weighted by molar-refractivity contribution is -0.145. The summed E-state index contributed by atoms with van der Waals surface area (Å²) >= 11 is 0. The van der Waals surface area contributed by atoms with Crippen molar-refractivity contribution in [2.45, 2.75) is 50.4 Å². The fraction of sp³-hybridized carbons (Fsp3) is 0.692. The molecule has 130 valence electrons. The number of nitrogens with one attached hydrogen (secondary N) is 3. The number of aliphatic carboxylic acids is 1. The first-order valence-electron chi connectivity index (χ1n) is 7.25. The zero-order valence-corrected chi connectivity index (χ0v) is 12.7. The van der Waals surface area contributed by atoms with E-state index in [2.05, 4.69) is 16.0 Å². The van der Waals surface area contributed by atoms with Gasteiger partial charge in [0, 0.05) is 0 Å². The maximum atomic E-state index is 12.1. The molecule has 0 bridgehead atoms. The van der Waals surface area contributed by atoms with Crippen LogP contribution in [0.3, 0.4) is 0 Å². The first-order valence-corrected chi connectivity index (χ1v) is 7.25. The minimum atomic E-state index is -1.56. The third kappa shape index (κ3) is 5.83. The van der Waals surface area contributed by atoms with Crippen molar-refractivity contribution in [1.82, 2.24) is 16.0 Å². The molecule has 7 N–H and O–H groups in total. The summed E-state index contributed by atoms with van der Waals surface area (Å²) in [7, 11) is 0. The standard InChI is InChI=1S/C13H22N4O6/c1-6(18)10(13(22)23)17-12(21)8(5-9(14)19)16-11(20)7-3-2-4-15-7/h6-8,10,15,18H,2-5H2,1H3,(H2,14,19)(H,16,20)(H,17,21)(H,22,23)/t6-,7+,8+,10+/m1/s1. The number of amides is 3. The Balaban J connectivity index is 2.75. The van der Waals surface area contributed by atoms with Crippen LogP contribution in [0.4, 0.5) is 0 Å². The number of hydrogen-bond donors (Lipinski definition) is 6. The van der Waals surface area contributed by atoms with Crippen LogP contribution in [0.25, 0.3) is 0 Å². The van der Waals surface area contributed by atoms with Crippen molar-refractivity contribution in [3.63, 3.8) is 0 Å². The van der Waals surface area contributed by atoms with Gasteiger partial charge < -0.3 is 31.9 Å². The van der Waals surface area contributed by atoms with Gasteiger partial charge in [-0.05, 0) is 26.3 Å². The van der Waals surface area contributed by atoms with Crippen LogP contribution in [0.2, 0.25) is 0 Å². The molecule has 1 aliphatic rings. The number of primary amides is 1. The summed E-state index contributed by atoms with van der Waals surface area (Å²) in [5, 5.41) is 25.7. The lowest BCUT2D eigenvalue weighted by atomic mass is 10.1. The highest BCUT2D eigenvalue weighted by molar-refractivity contribution is 5.94. The van der Waals surface area contributed by atoms with Gasteiger partial charge in [-0.25, -0.2) is 4.79 Å². The van der Waals surface area contributed by atoms with Crippen LogP contribution >= 0.6 is 0 Å². The van der Waals surface area contributed by atoms with E-state index in [0.717, 1.165) is 6.42 Å². The molecule has 0 aromatic heterocycles. The molecule has 10 heteroatoms. The maximum Gasteiger partial charge on any atom is 0.328 e. The van der Waals surface area contributed by atoms with Crippen LogP contribution in [0.1, 0.15) is 26.2 Å². The van der Waals surface area contributed by atoms with Gasteiger partial charge in [0.1, 0.15) is 6.04 Å². The average molecular weight is 330 g/mol. The molecule has 4 atom stereocenters. The topological polar surface area (TPSA) is 171 Å². The molecule has 0 aromatic rings. The van der Waals surface area contributed by atoms with E-state index in [0.29, 0.717) is 13.0 Å². The van der Waals surface area contributed by atoms with Gasteiger partial charge in [-0.3, -0.25) is 14.4 Å². The second kappa shape index (κ2) is 8.44. The summed E-state index contributed by atoms with van der Waals surface area (Å²) in [6, 6.07) is -3.33. The highest BCUT2D eigenvalue weighted by Crippen LogP contribution is 2.06. The summed E-state index contributed by atoms with van der Waals surface area (Å²) in [6.07, 6.45) is -0.412. The predicted octanol–water partition coefficient (Wildman–Crippen LogP) is -2.95. The summed E-state index contributed by atoms with van der Waals surface area (Å²) in [4.78, 5) is 46.2. The van der Waals surface area contributed by atoms with Crippen LogP contribution in [0.5, 0.6) is 0 Å². The van der Waals surface area contributed by atoms with Gasteiger partial charge in [-0.1, -0.05) is 0 Å². The molecule has 0 spiro atoms. The summed E-state index contributed by atoms with van der Waals surface area (Å²) in [5.41, 5.74) is 5.06. The molecule has 0 saturated carbocycles. The number of carboxylic acids is 1. The average Bonchev–Trinajstić information content (AvgIpc) is 2.96. The number of carboxylic acid groups (broad SMARTS) is 1. The molecule has 23 heavy (non-hydrogen) atoms. The highest BCUT2D eigenvalue weighted by Gasteiger charge is 2.32. The molecule has 1 saturated heterocycles. The number of aliphatic hydroxyl groups is 1. The van der Waals surface area contributed by atoms with Gasteiger partial charge in [-0.15, -0.1) is 0 Å². The SMILES string of the molecule is C[C@@H](O)[C@H](NC(=O)[C@H](CC(N)=O)NC(=O)[C@@H]1CCCN1)C(=O)O. The molecule has 1 aliphatic heterocycles. The lowest BCUT2D eigenvalue weighted by Gasteiger charge is -2.23. The van der Waals surface area contributed by atoms with E-state index in [4.69, 9.17) is 10.8 Å². The van der Waals surface area contributed by atoms with Gasteiger partial charge in [-0.2, -0.15) is 0 Å². The zero-order chi connectivity index (χ0) is 17.6. The number of hydrogen-bond acceptors (Lipinski definition) is 6.